The minimum Gasteiger partial charge on any atom is -0.497 e. The first-order valence-corrected chi connectivity index (χ1v) is 12.5. The summed E-state index contributed by atoms with van der Waals surface area (Å²) in [4.78, 5) is 27.9. The molecule has 2 N–H and O–H groups in total. The predicted molar refractivity (Wildman–Crippen MR) is 126 cm³/mol. The molecule has 9 nitrogen and oxygen atoms in total. The molecule has 2 aliphatic heterocycles. The molecule has 2 aliphatic rings. The maximum absolute atomic E-state index is 13.4. The van der Waals surface area contributed by atoms with E-state index in [9.17, 15) is 18.0 Å². The number of sulfonamides is 1. The second-order valence-corrected chi connectivity index (χ2v) is 9.83. The van der Waals surface area contributed by atoms with Gasteiger partial charge in [0.05, 0.1) is 19.3 Å². The Morgan fingerprint density at radius 1 is 1.00 bits per heavy atom. The van der Waals surface area contributed by atoms with E-state index in [1.165, 1.54) is 11.0 Å². The highest BCUT2D eigenvalue weighted by molar-refractivity contribution is 7.92. The van der Waals surface area contributed by atoms with E-state index in [-0.39, 0.29) is 23.3 Å². The Labute approximate surface area is 193 Å². The molecule has 10 heteroatoms. The topological polar surface area (TPSA) is 108 Å². The van der Waals surface area contributed by atoms with Crippen molar-refractivity contribution in [2.75, 3.05) is 48.2 Å². The van der Waals surface area contributed by atoms with Crippen molar-refractivity contribution in [3.05, 3.63) is 42.5 Å². The van der Waals surface area contributed by atoms with Crippen LogP contribution in [0.1, 0.15) is 25.7 Å². The van der Waals surface area contributed by atoms with Crippen LogP contribution < -0.4 is 19.7 Å². The summed E-state index contributed by atoms with van der Waals surface area (Å²) in [6.45, 7) is 2.06. The fraction of sp³-hybridized carbons (Fsp3) is 0.391. The van der Waals surface area contributed by atoms with Crippen LogP contribution in [-0.2, 0) is 19.6 Å². The standard InChI is InChI=1S/C23H28N4O5S/c1-32-19-9-6-17(7-10-19)25-33(30,31)21-15-18(8-11-20(21)26-12-2-3-13-26)24-22(28)16-27-14-4-5-23(27)29/h6-11,15,25H,2-5,12-14,16H2,1H3,(H,24,28). The molecule has 4 rings (SSSR count). The Balaban J connectivity index is 1.59. The van der Waals surface area contributed by atoms with Crippen LogP contribution in [0.2, 0.25) is 0 Å². The molecule has 33 heavy (non-hydrogen) atoms. The van der Waals surface area contributed by atoms with Crippen LogP contribution in [0.15, 0.2) is 47.4 Å². The smallest absolute Gasteiger partial charge is 0.264 e. The third kappa shape index (κ3) is 5.39. The number of likely N-dealkylation sites (tertiary alicyclic amines) is 1. The first kappa shape index (κ1) is 22.9. The van der Waals surface area contributed by atoms with E-state index in [0.717, 1.165) is 32.4 Å². The van der Waals surface area contributed by atoms with Crippen molar-refractivity contribution in [3.63, 3.8) is 0 Å². The minimum atomic E-state index is -3.94. The number of carbonyl (C=O) groups is 2. The molecule has 2 aromatic carbocycles. The van der Waals surface area contributed by atoms with Crippen molar-refractivity contribution in [1.82, 2.24) is 4.90 Å². The Hall–Kier alpha value is -3.27. The number of hydrogen-bond acceptors (Lipinski definition) is 6. The lowest BCUT2D eigenvalue weighted by molar-refractivity contribution is -0.131. The SMILES string of the molecule is COc1ccc(NS(=O)(=O)c2cc(NC(=O)CN3CCCC3=O)ccc2N2CCCC2)cc1. The molecule has 0 aromatic heterocycles. The third-order valence-electron chi connectivity index (χ3n) is 5.83. The lowest BCUT2D eigenvalue weighted by atomic mass is 10.2. The minimum absolute atomic E-state index is 0.0403. The zero-order valence-corrected chi connectivity index (χ0v) is 19.4. The molecule has 0 unspecified atom stereocenters. The second kappa shape index (κ2) is 9.70. The molecular formula is C23H28N4O5S. The number of nitrogens with zero attached hydrogens (tertiary/aromatic N) is 2. The number of benzene rings is 2. The van der Waals surface area contributed by atoms with Gasteiger partial charge >= 0.3 is 0 Å². The summed E-state index contributed by atoms with van der Waals surface area (Å²) in [5.74, 6) is 0.226. The van der Waals surface area contributed by atoms with E-state index < -0.39 is 10.0 Å². The summed E-state index contributed by atoms with van der Waals surface area (Å²) in [5.41, 5.74) is 1.37. The van der Waals surface area contributed by atoms with Gasteiger partial charge in [-0.3, -0.25) is 14.3 Å². The zero-order valence-electron chi connectivity index (χ0n) is 18.5. The highest BCUT2D eigenvalue weighted by Crippen LogP contribution is 2.32. The molecule has 2 saturated heterocycles. The molecule has 0 atom stereocenters. The summed E-state index contributed by atoms with van der Waals surface area (Å²) in [7, 11) is -2.40. The van der Waals surface area contributed by atoms with Crippen molar-refractivity contribution < 1.29 is 22.7 Å². The van der Waals surface area contributed by atoms with Crippen LogP contribution in [0, 0.1) is 0 Å². The number of rotatable bonds is 8. The number of nitrogens with one attached hydrogen (secondary N) is 2. The van der Waals surface area contributed by atoms with E-state index in [1.807, 2.05) is 4.90 Å². The summed E-state index contributed by atoms with van der Waals surface area (Å²) in [6, 6.07) is 11.5. The molecule has 0 radical (unpaired) electrons. The van der Waals surface area contributed by atoms with Crippen molar-refractivity contribution in [2.45, 2.75) is 30.6 Å². The maximum Gasteiger partial charge on any atom is 0.264 e. The number of amides is 2. The van der Waals surface area contributed by atoms with E-state index in [4.69, 9.17) is 4.74 Å². The number of ether oxygens (including phenoxy) is 1. The lowest BCUT2D eigenvalue weighted by Crippen LogP contribution is -2.34. The Morgan fingerprint density at radius 2 is 1.70 bits per heavy atom. The summed E-state index contributed by atoms with van der Waals surface area (Å²) in [6.07, 6.45) is 3.19. The van der Waals surface area contributed by atoms with Gasteiger partial charge in [-0.25, -0.2) is 8.42 Å². The first-order chi connectivity index (χ1) is 15.9. The molecule has 0 spiro atoms. The van der Waals surface area contributed by atoms with E-state index >= 15 is 0 Å². The van der Waals surface area contributed by atoms with Gasteiger partial charge in [0.1, 0.15) is 10.6 Å². The molecule has 0 saturated carbocycles. The van der Waals surface area contributed by atoms with Crippen molar-refractivity contribution in [1.29, 1.82) is 0 Å². The van der Waals surface area contributed by atoms with Gasteiger partial charge in [-0.05, 0) is 61.7 Å². The average Bonchev–Trinajstić information content (AvgIpc) is 3.46. The van der Waals surface area contributed by atoms with E-state index in [1.54, 1.807) is 43.5 Å². The van der Waals surface area contributed by atoms with Crippen LogP contribution in [0.4, 0.5) is 17.1 Å². The van der Waals surface area contributed by atoms with Crippen LogP contribution >= 0.6 is 0 Å². The summed E-state index contributed by atoms with van der Waals surface area (Å²) in [5, 5.41) is 2.74. The van der Waals surface area contributed by atoms with Gasteiger partial charge in [-0.15, -0.1) is 0 Å². The molecule has 0 aliphatic carbocycles. The summed E-state index contributed by atoms with van der Waals surface area (Å²) >= 11 is 0. The van der Waals surface area contributed by atoms with Crippen molar-refractivity contribution in [2.24, 2.45) is 0 Å². The van der Waals surface area contributed by atoms with Gasteiger partial charge in [-0.1, -0.05) is 0 Å². The molecule has 0 bridgehead atoms. The Bertz CT molecular complexity index is 1130. The van der Waals surface area contributed by atoms with Crippen LogP contribution in [0.25, 0.3) is 0 Å². The molecular weight excluding hydrogens is 444 g/mol. The number of carbonyl (C=O) groups excluding carboxylic acids is 2. The highest BCUT2D eigenvalue weighted by Gasteiger charge is 2.26. The van der Waals surface area contributed by atoms with E-state index in [2.05, 4.69) is 10.0 Å². The fourth-order valence-electron chi connectivity index (χ4n) is 4.14. The van der Waals surface area contributed by atoms with Gasteiger partial charge in [0.2, 0.25) is 11.8 Å². The Kier molecular flexibility index (Phi) is 6.73. The Morgan fingerprint density at radius 3 is 2.33 bits per heavy atom. The van der Waals surface area contributed by atoms with Gasteiger partial charge in [0.25, 0.3) is 10.0 Å². The largest absolute Gasteiger partial charge is 0.497 e. The van der Waals surface area contributed by atoms with Crippen LogP contribution in [-0.4, -0.2) is 58.4 Å². The quantitative estimate of drug-likeness (QED) is 0.612. The molecule has 176 valence electrons. The molecule has 2 amide bonds. The molecule has 2 fully saturated rings. The maximum atomic E-state index is 13.4. The van der Waals surface area contributed by atoms with Gasteiger partial charge in [-0.2, -0.15) is 0 Å². The fourth-order valence-corrected chi connectivity index (χ4v) is 5.45. The van der Waals surface area contributed by atoms with E-state index in [0.29, 0.717) is 35.8 Å². The average molecular weight is 473 g/mol. The van der Waals surface area contributed by atoms with Crippen LogP contribution in [0.5, 0.6) is 5.75 Å². The molecule has 2 heterocycles. The van der Waals surface area contributed by atoms with Crippen molar-refractivity contribution >= 4 is 38.9 Å². The second-order valence-electron chi connectivity index (χ2n) is 8.18. The normalized spacial score (nSPS) is 16.2. The highest BCUT2D eigenvalue weighted by atomic mass is 32.2. The number of anilines is 3. The number of hydrogen-bond donors (Lipinski definition) is 2. The number of methoxy groups -OCH3 is 1. The summed E-state index contributed by atoms with van der Waals surface area (Å²) < 4.78 is 34.5. The van der Waals surface area contributed by atoms with Gasteiger partial charge in [0, 0.05) is 37.4 Å². The van der Waals surface area contributed by atoms with Gasteiger partial charge in [0.15, 0.2) is 0 Å². The monoisotopic (exact) mass is 472 g/mol. The van der Waals surface area contributed by atoms with Gasteiger partial charge < -0.3 is 19.9 Å². The predicted octanol–water partition coefficient (Wildman–Crippen LogP) is 2.66. The lowest BCUT2D eigenvalue weighted by Gasteiger charge is -2.23. The van der Waals surface area contributed by atoms with Crippen LogP contribution in [0.3, 0.4) is 0 Å². The third-order valence-corrected chi connectivity index (χ3v) is 7.24. The zero-order chi connectivity index (χ0) is 23.4. The molecule has 2 aromatic rings. The first-order valence-electron chi connectivity index (χ1n) is 11.0. The van der Waals surface area contributed by atoms with Crippen molar-refractivity contribution in [3.8, 4) is 5.75 Å².